The first-order chi connectivity index (χ1) is 14.5. The van der Waals surface area contributed by atoms with Crippen molar-refractivity contribution in [1.82, 2.24) is 0 Å². The summed E-state index contributed by atoms with van der Waals surface area (Å²) in [6.07, 6.45) is 1.63. The molecule has 0 saturated heterocycles. The van der Waals surface area contributed by atoms with Gasteiger partial charge in [0.2, 0.25) is 0 Å². The van der Waals surface area contributed by atoms with Crippen LogP contribution in [0.2, 0.25) is 0 Å². The topological polar surface area (TPSA) is 119 Å². The molecule has 8 nitrogen and oxygen atoms in total. The first-order valence-corrected chi connectivity index (χ1v) is 8.79. The lowest BCUT2D eigenvalue weighted by Gasteiger charge is -2.07. The Bertz CT molecular complexity index is 1160. The van der Waals surface area contributed by atoms with E-state index >= 15 is 0 Å². The lowest BCUT2D eigenvalue weighted by molar-refractivity contribution is -0.385. The number of nitro benzene ring substituents is 2. The minimum absolute atomic E-state index is 0.00164. The Morgan fingerprint density at radius 3 is 2.20 bits per heavy atom. The standard InChI is InChI=1S/C22H15N3O5/c23-14-19(18-4-2-6-21(13-18)25(28)29)11-16-7-9-22(10-8-16)30-15-17-3-1-5-20(12-17)24(26)27/h1-13H,15H2. The average Bonchev–Trinajstić information content (AvgIpc) is 2.77. The van der Waals surface area contributed by atoms with E-state index in [4.69, 9.17) is 4.74 Å². The third kappa shape index (κ3) is 5.05. The van der Waals surface area contributed by atoms with Gasteiger partial charge in [0.1, 0.15) is 12.4 Å². The van der Waals surface area contributed by atoms with Crippen LogP contribution in [0.4, 0.5) is 11.4 Å². The summed E-state index contributed by atoms with van der Waals surface area (Å²) in [6, 6.07) is 21.1. The van der Waals surface area contributed by atoms with Crippen molar-refractivity contribution in [2.24, 2.45) is 0 Å². The van der Waals surface area contributed by atoms with Crippen molar-refractivity contribution in [3.8, 4) is 11.8 Å². The molecule has 0 aliphatic rings. The number of hydrogen-bond acceptors (Lipinski definition) is 6. The van der Waals surface area contributed by atoms with Gasteiger partial charge in [-0.1, -0.05) is 36.4 Å². The molecule has 3 aromatic rings. The Hall–Kier alpha value is -4.51. The predicted octanol–water partition coefficient (Wildman–Crippen LogP) is 5.15. The van der Waals surface area contributed by atoms with Crippen molar-refractivity contribution >= 4 is 23.0 Å². The Balaban J connectivity index is 1.72. The van der Waals surface area contributed by atoms with E-state index in [1.165, 1.54) is 30.3 Å². The molecule has 0 aliphatic heterocycles. The molecular formula is C22H15N3O5. The smallest absolute Gasteiger partial charge is 0.270 e. The van der Waals surface area contributed by atoms with Gasteiger partial charge in [-0.25, -0.2) is 0 Å². The highest BCUT2D eigenvalue weighted by Crippen LogP contribution is 2.23. The Morgan fingerprint density at radius 2 is 1.57 bits per heavy atom. The molecule has 30 heavy (non-hydrogen) atoms. The number of hydrogen-bond donors (Lipinski definition) is 0. The number of nitro groups is 2. The lowest BCUT2D eigenvalue weighted by Crippen LogP contribution is -1.96. The number of rotatable bonds is 7. The van der Waals surface area contributed by atoms with Gasteiger partial charge in [0.15, 0.2) is 0 Å². The van der Waals surface area contributed by atoms with Crippen LogP contribution in [0.5, 0.6) is 5.75 Å². The van der Waals surface area contributed by atoms with Crippen LogP contribution in [0.25, 0.3) is 11.6 Å². The third-order valence-corrected chi connectivity index (χ3v) is 4.21. The lowest BCUT2D eigenvalue weighted by atomic mass is 10.0. The van der Waals surface area contributed by atoms with Crippen LogP contribution in [0, 0.1) is 31.6 Å². The normalized spacial score (nSPS) is 10.8. The summed E-state index contributed by atoms with van der Waals surface area (Å²) in [5.74, 6) is 0.563. The van der Waals surface area contributed by atoms with E-state index in [0.717, 1.165) is 5.56 Å². The fourth-order valence-corrected chi connectivity index (χ4v) is 2.72. The van der Waals surface area contributed by atoms with Gasteiger partial charge >= 0.3 is 0 Å². The molecule has 0 atom stereocenters. The first-order valence-electron chi connectivity index (χ1n) is 8.79. The van der Waals surface area contributed by atoms with Crippen molar-refractivity contribution in [3.63, 3.8) is 0 Å². The molecule has 0 aromatic heterocycles. The Kier molecular flexibility index (Phi) is 6.15. The Labute approximate surface area is 171 Å². The van der Waals surface area contributed by atoms with Gasteiger partial charge in [0, 0.05) is 24.3 Å². The fourth-order valence-electron chi connectivity index (χ4n) is 2.72. The molecule has 8 heteroatoms. The van der Waals surface area contributed by atoms with Crippen molar-refractivity contribution in [1.29, 1.82) is 5.26 Å². The molecule has 0 saturated carbocycles. The second-order valence-corrected chi connectivity index (χ2v) is 6.26. The maximum Gasteiger partial charge on any atom is 0.270 e. The molecular weight excluding hydrogens is 386 g/mol. The molecule has 0 fully saturated rings. The largest absolute Gasteiger partial charge is 0.489 e. The summed E-state index contributed by atoms with van der Waals surface area (Å²) in [4.78, 5) is 20.8. The summed E-state index contributed by atoms with van der Waals surface area (Å²) in [5.41, 5.74) is 2.06. The van der Waals surface area contributed by atoms with Crippen molar-refractivity contribution in [2.45, 2.75) is 6.61 Å². The zero-order valence-electron chi connectivity index (χ0n) is 15.6. The summed E-state index contributed by atoms with van der Waals surface area (Å²) >= 11 is 0. The van der Waals surface area contributed by atoms with Crippen LogP contribution in [0.3, 0.4) is 0 Å². The third-order valence-electron chi connectivity index (χ3n) is 4.21. The van der Waals surface area contributed by atoms with Crippen molar-refractivity contribution < 1.29 is 14.6 Å². The average molecular weight is 401 g/mol. The number of non-ortho nitro benzene ring substituents is 2. The molecule has 3 rings (SSSR count). The highest BCUT2D eigenvalue weighted by atomic mass is 16.6. The maximum atomic E-state index is 10.9. The van der Waals surface area contributed by atoms with Gasteiger partial charge in [-0.2, -0.15) is 5.26 Å². The number of benzene rings is 3. The van der Waals surface area contributed by atoms with Gasteiger partial charge < -0.3 is 4.74 Å². The fraction of sp³-hybridized carbons (Fsp3) is 0.0455. The highest BCUT2D eigenvalue weighted by molar-refractivity contribution is 5.90. The number of nitriles is 1. The molecule has 0 N–H and O–H groups in total. The van der Waals surface area contributed by atoms with Crippen LogP contribution in [-0.4, -0.2) is 9.85 Å². The number of ether oxygens (including phenoxy) is 1. The molecule has 0 bridgehead atoms. The van der Waals surface area contributed by atoms with E-state index in [-0.39, 0.29) is 18.0 Å². The van der Waals surface area contributed by atoms with E-state index in [1.807, 2.05) is 0 Å². The monoisotopic (exact) mass is 401 g/mol. The first kappa shape index (κ1) is 20.2. The highest BCUT2D eigenvalue weighted by Gasteiger charge is 2.09. The zero-order chi connectivity index (χ0) is 21.5. The maximum absolute atomic E-state index is 10.9. The van der Waals surface area contributed by atoms with E-state index in [1.54, 1.807) is 48.5 Å². The number of allylic oxidation sites excluding steroid dienone is 1. The van der Waals surface area contributed by atoms with Gasteiger partial charge in [0.05, 0.1) is 21.5 Å². The number of nitrogens with zero attached hydrogens (tertiary/aromatic N) is 3. The Morgan fingerprint density at radius 1 is 0.933 bits per heavy atom. The van der Waals surface area contributed by atoms with Crippen LogP contribution in [-0.2, 0) is 6.61 Å². The van der Waals surface area contributed by atoms with Gasteiger partial charge in [-0.05, 0) is 34.9 Å². The van der Waals surface area contributed by atoms with Crippen molar-refractivity contribution in [3.05, 3.63) is 110 Å². The van der Waals surface area contributed by atoms with E-state index in [0.29, 0.717) is 22.4 Å². The molecule has 0 radical (unpaired) electrons. The summed E-state index contributed by atoms with van der Waals surface area (Å²) in [5, 5.41) is 31.2. The minimum Gasteiger partial charge on any atom is -0.489 e. The molecule has 148 valence electrons. The quantitative estimate of drug-likeness (QED) is 0.234. The van der Waals surface area contributed by atoms with Crippen LogP contribution in [0.15, 0.2) is 72.8 Å². The van der Waals surface area contributed by atoms with E-state index in [2.05, 4.69) is 6.07 Å². The second-order valence-electron chi connectivity index (χ2n) is 6.26. The molecule has 0 amide bonds. The van der Waals surface area contributed by atoms with Crippen LogP contribution < -0.4 is 4.74 Å². The zero-order valence-corrected chi connectivity index (χ0v) is 15.6. The van der Waals surface area contributed by atoms with Gasteiger partial charge in [-0.15, -0.1) is 0 Å². The SMILES string of the molecule is N#CC(=Cc1ccc(OCc2cccc([N+](=O)[O-])c2)cc1)c1cccc([N+](=O)[O-])c1. The van der Waals surface area contributed by atoms with E-state index in [9.17, 15) is 25.5 Å². The summed E-state index contributed by atoms with van der Waals surface area (Å²) in [7, 11) is 0. The molecule has 0 spiro atoms. The second kappa shape index (κ2) is 9.12. The summed E-state index contributed by atoms with van der Waals surface area (Å²) < 4.78 is 5.66. The van der Waals surface area contributed by atoms with Gasteiger partial charge in [0.25, 0.3) is 11.4 Å². The van der Waals surface area contributed by atoms with Crippen molar-refractivity contribution in [2.75, 3.05) is 0 Å². The van der Waals surface area contributed by atoms with Crippen LogP contribution in [0.1, 0.15) is 16.7 Å². The summed E-state index contributed by atoms with van der Waals surface area (Å²) in [6.45, 7) is 0.175. The molecule has 3 aromatic carbocycles. The molecule has 0 unspecified atom stereocenters. The van der Waals surface area contributed by atoms with Crippen LogP contribution >= 0.6 is 0 Å². The molecule has 0 heterocycles. The van der Waals surface area contributed by atoms with Gasteiger partial charge in [-0.3, -0.25) is 20.2 Å². The predicted molar refractivity (Wildman–Crippen MR) is 110 cm³/mol. The molecule has 0 aliphatic carbocycles. The van der Waals surface area contributed by atoms with E-state index < -0.39 is 9.85 Å². The minimum atomic E-state index is -0.508.